The van der Waals surface area contributed by atoms with Crippen molar-refractivity contribution < 1.29 is 0 Å². The summed E-state index contributed by atoms with van der Waals surface area (Å²) >= 11 is 0. The molecule has 3 heteroatoms. The second-order valence-electron chi connectivity index (χ2n) is 23.6. The van der Waals surface area contributed by atoms with E-state index in [1.807, 2.05) is 0 Å². The van der Waals surface area contributed by atoms with Gasteiger partial charge in [0.1, 0.15) is 0 Å². The summed E-state index contributed by atoms with van der Waals surface area (Å²) in [5.74, 6) is 0. The normalized spacial score (nSPS) is 13.9. The molecule has 9 aromatic carbocycles. The van der Waals surface area contributed by atoms with Crippen molar-refractivity contribution in [2.45, 2.75) is 105 Å². The molecule has 0 radical (unpaired) electrons. The van der Waals surface area contributed by atoms with Gasteiger partial charge in [-0.15, -0.1) is 0 Å². The molecule has 2 aliphatic rings. The van der Waals surface area contributed by atoms with Gasteiger partial charge < -0.3 is 9.80 Å². The zero-order chi connectivity index (χ0) is 46.9. The Kier molecular flexibility index (Phi) is 9.61. The Morgan fingerprint density at radius 3 is 1.09 bits per heavy atom. The Morgan fingerprint density at radius 2 is 0.672 bits per heavy atom. The van der Waals surface area contributed by atoms with Gasteiger partial charge in [0.05, 0.1) is 0 Å². The van der Waals surface area contributed by atoms with E-state index < -0.39 is 0 Å². The molecule has 0 atom stereocenters. The third-order valence-corrected chi connectivity index (χ3v) is 14.8. The van der Waals surface area contributed by atoms with Crippen LogP contribution in [0.5, 0.6) is 0 Å². The minimum atomic E-state index is -0.0651. The number of hydrogen-bond donors (Lipinski definition) is 0. The summed E-state index contributed by atoms with van der Waals surface area (Å²) in [6.45, 7) is 28.2. The van der Waals surface area contributed by atoms with E-state index in [1.165, 1.54) is 116 Å². The Labute approximate surface area is 399 Å². The lowest BCUT2D eigenvalue weighted by molar-refractivity contribution is 0.568. The lowest BCUT2D eigenvalue weighted by Crippen LogP contribution is -2.61. The van der Waals surface area contributed by atoms with E-state index >= 15 is 0 Å². The van der Waals surface area contributed by atoms with Crippen LogP contribution in [0, 0.1) is 0 Å². The lowest BCUT2D eigenvalue weighted by Gasteiger charge is -2.46. The maximum Gasteiger partial charge on any atom is 0.253 e. The van der Waals surface area contributed by atoms with Gasteiger partial charge in [0.2, 0.25) is 0 Å². The number of hydrogen-bond acceptors (Lipinski definition) is 2. The molecule has 0 aromatic heterocycles. The van der Waals surface area contributed by atoms with Crippen LogP contribution in [0.3, 0.4) is 0 Å². The first-order chi connectivity index (χ1) is 31.7. The highest BCUT2D eigenvalue weighted by atomic mass is 15.2. The first-order valence-electron chi connectivity index (χ1n) is 24.4. The van der Waals surface area contributed by atoms with Crippen LogP contribution in [0.4, 0.5) is 34.1 Å². The lowest BCUT2D eigenvalue weighted by atomic mass is 9.32. The minimum Gasteiger partial charge on any atom is -0.311 e. The number of fused-ring (bicyclic) bond motifs is 9. The Hall–Kier alpha value is -6.58. The van der Waals surface area contributed by atoms with Gasteiger partial charge in [-0.2, -0.15) is 0 Å². The molecule has 0 N–H and O–H groups in total. The molecule has 0 saturated carbocycles. The molecule has 332 valence electrons. The summed E-state index contributed by atoms with van der Waals surface area (Å²) in [6, 6.07) is 63.4. The molecule has 9 aromatic rings. The third kappa shape index (κ3) is 7.16. The molecular formula is C64H63BN2. The van der Waals surface area contributed by atoms with Gasteiger partial charge >= 0.3 is 0 Å². The second kappa shape index (κ2) is 15.0. The van der Waals surface area contributed by atoms with Crippen LogP contribution in [-0.4, -0.2) is 6.71 Å². The molecule has 2 aliphatic heterocycles. The fourth-order valence-electron chi connectivity index (χ4n) is 10.9. The molecule has 0 fully saturated rings. The van der Waals surface area contributed by atoms with Crippen molar-refractivity contribution in [2.24, 2.45) is 0 Å². The monoisotopic (exact) mass is 871 g/mol. The Morgan fingerprint density at radius 1 is 0.299 bits per heavy atom. The van der Waals surface area contributed by atoms with Gasteiger partial charge in [-0.3, -0.25) is 0 Å². The smallest absolute Gasteiger partial charge is 0.253 e. The highest BCUT2D eigenvalue weighted by molar-refractivity contribution is 7.03. The third-order valence-electron chi connectivity index (χ3n) is 14.8. The molecule has 2 nitrogen and oxygen atoms in total. The van der Waals surface area contributed by atoms with Gasteiger partial charge in [0, 0.05) is 34.1 Å². The van der Waals surface area contributed by atoms with Crippen LogP contribution in [0.15, 0.2) is 164 Å². The van der Waals surface area contributed by atoms with Crippen LogP contribution in [-0.2, 0) is 21.7 Å². The largest absolute Gasteiger partial charge is 0.311 e. The minimum absolute atomic E-state index is 0.0499. The summed E-state index contributed by atoms with van der Waals surface area (Å²) < 4.78 is 0. The van der Waals surface area contributed by atoms with E-state index in [9.17, 15) is 0 Å². The van der Waals surface area contributed by atoms with Crippen molar-refractivity contribution in [2.75, 3.05) is 9.80 Å². The maximum atomic E-state index is 2.65. The number of benzene rings is 9. The Bertz CT molecular complexity index is 3220. The second-order valence-corrected chi connectivity index (χ2v) is 23.6. The summed E-state index contributed by atoms with van der Waals surface area (Å²) in [5.41, 5.74) is 18.9. The molecule has 0 bridgehead atoms. The molecule has 67 heavy (non-hydrogen) atoms. The van der Waals surface area contributed by atoms with Gasteiger partial charge in [0.25, 0.3) is 6.71 Å². The summed E-state index contributed by atoms with van der Waals surface area (Å²) in [7, 11) is 0. The highest BCUT2D eigenvalue weighted by Crippen LogP contribution is 2.50. The Balaban J connectivity index is 1.34. The molecule has 11 rings (SSSR count). The molecule has 0 aliphatic carbocycles. The van der Waals surface area contributed by atoms with Crippen LogP contribution >= 0.6 is 0 Å². The zero-order valence-corrected chi connectivity index (χ0v) is 41.6. The van der Waals surface area contributed by atoms with Crippen molar-refractivity contribution in [3.8, 4) is 11.1 Å². The predicted molar refractivity (Wildman–Crippen MR) is 293 cm³/mol. The molecule has 0 unspecified atom stereocenters. The topological polar surface area (TPSA) is 6.48 Å². The molecular weight excluding hydrogens is 808 g/mol. The van der Waals surface area contributed by atoms with Gasteiger partial charge in [-0.05, 0) is 158 Å². The number of rotatable bonds is 3. The van der Waals surface area contributed by atoms with E-state index in [4.69, 9.17) is 0 Å². The zero-order valence-electron chi connectivity index (χ0n) is 41.6. The standard InChI is InChI=1S/C64H63BN2/c1-61(2,3)46-34-47(62(4,5)6)37-50(36-46)66-54-29-27-41-20-15-17-23-52(41)58(54)65-59-53-24-18-16-21-42(53)28-30-55(59)67(51-38-48(63(7,8)9)35-49(39-51)64(10,11)12)57-33-45(32-56(66)60(57)65)44-26-25-40-19-13-14-22-43(40)31-44/h13-39H,1-12H3. The average molecular weight is 871 g/mol. The summed E-state index contributed by atoms with van der Waals surface area (Å²) in [5, 5.41) is 7.60. The fraction of sp³-hybridized carbons (Fsp3) is 0.250. The molecule has 2 heterocycles. The van der Waals surface area contributed by atoms with E-state index in [2.05, 4.69) is 257 Å². The first-order valence-corrected chi connectivity index (χ1v) is 24.4. The average Bonchev–Trinajstić information content (AvgIpc) is 3.29. The van der Waals surface area contributed by atoms with Crippen molar-refractivity contribution in [3.05, 3.63) is 186 Å². The summed E-state index contributed by atoms with van der Waals surface area (Å²) in [4.78, 5) is 5.29. The maximum absolute atomic E-state index is 2.65. The number of nitrogens with zero attached hydrogens (tertiary/aromatic N) is 2. The summed E-state index contributed by atoms with van der Waals surface area (Å²) in [6.07, 6.45) is 0. The van der Waals surface area contributed by atoms with Gasteiger partial charge in [0.15, 0.2) is 0 Å². The molecule has 0 amide bonds. The van der Waals surface area contributed by atoms with Gasteiger partial charge in [-0.25, -0.2) is 0 Å². The van der Waals surface area contributed by atoms with Crippen LogP contribution in [0.25, 0.3) is 43.4 Å². The van der Waals surface area contributed by atoms with Crippen molar-refractivity contribution in [3.63, 3.8) is 0 Å². The predicted octanol–water partition coefficient (Wildman–Crippen LogP) is 16.1. The SMILES string of the molecule is CC(C)(C)c1cc(N2c3cc(-c4ccc5ccccc5c4)cc4c3B(c3c2ccc2ccccc32)c2c(ccc3ccccc23)N4c2cc(C(C)(C)C)cc(C(C)(C)C)c2)cc(C(C)(C)C)c1. The molecule has 0 saturated heterocycles. The van der Waals surface area contributed by atoms with Crippen LogP contribution in [0.1, 0.15) is 105 Å². The first kappa shape index (κ1) is 43.0. The van der Waals surface area contributed by atoms with Crippen LogP contribution in [0.2, 0.25) is 0 Å². The van der Waals surface area contributed by atoms with Crippen molar-refractivity contribution in [1.29, 1.82) is 0 Å². The van der Waals surface area contributed by atoms with E-state index in [0.29, 0.717) is 0 Å². The van der Waals surface area contributed by atoms with Crippen molar-refractivity contribution in [1.82, 2.24) is 0 Å². The number of anilines is 6. The highest BCUT2D eigenvalue weighted by Gasteiger charge is 2.46. The van der Waals surface area contributed by atoms with Crippen molar-refractivity contribution >= 4 is 89.5 Å². The fourth-order valence-corrected chi connectivity index (χ4v) is 10.9. The molecule has 0 spiro atoms. The quantitative estimate of drug-likeness (QED) is 0.163. The van der Waals surface area contributed by atoms with Gasteiger partial charge in [-0.1, -0.05) is 192 Å². The van der Waals surface area contributed by atoms with E-state index in [-0.39, 0.29) is 28.4 Å². The van der Waals surface area contributed by atoms with E-state index in [1.54, 1.807) is 0 Å². The van der Waals surface area contributed by atoms with E-state index in [0.717, 1.165) is 0 Å². The van der Waals surface area contributed by atoms with Crippen LogP contribution < -0.4 is 26.2 Å².